The summed E-state index contributed by atoms with van der Waals surface area (Å²) in [5.41, 5.74) is 7.22. The molecule has 116 valence electrons. The quantitative estimate of drug-likeness (QED) is 0.860. The number of nitrogens with two attached hydrogens (primary N) is 1. The third-order valence-corrected chi connectivity index (χ3v) is 3.54. The maximum atomic E-state index is 12.2. The molecular formula is C18H23N3O. The summed E-state index contributed by atoms with van der Waals surface area (Å²) in [4.78, 5) is 16.2. The molecule has 1 atom stereocenters. The van der Waals surface area contributed by atoms with Crippen molar-refractivity contribution in [2.75, 3.05) is 12.3 Å². The lowest BCUT2D eigenvalue weighted by Gasteiger charge is -2.20. The van der Waals surface area contributed by atoms with Crippen LogP contribution in [0.4, 0.5) is 5.82 Å². The van der Waals surface area contributed by atoms with Crippen LogP contribution in [0.2, 0.25) is 0 Å². The number of hydrogen-bond donors (Lipinski definition) is 2. The molecule has 1 heterocycles. The summed E-state index contributed by atoms with van der Waals surface area (Å²) in [6, 6.07) is 15.4. The van der Waals surface area contributed by atoms with Crippen LogP contribution in [0.1, 0.15) is 42.2 Å². The van der Waals surface area contributed by atoms with Crippen LogP contribution in [0.15, 0.2) is 48.5 Å². The monoisotopic (exact) mass is 297 g/mol. The Bertz CT molecular complexity index is 611. The average molecular weight is 297 g/mol. The standard InChI is InChI=1S/C18H23N3O/c1-13(2)11-15(14-7-4-3-5-8-14)12-20-18(22)16-9-6-10-17(19)21-16/h3-10,13,15H,11-12H2,1-2H3,(H2,19,21)(H,20,22). The zero-order valence-corrected chi connectivity index (χ0v) is 13.1. The smallest absolute Gasteiger partial charge is 0.269 e. The highest BCUT2D eigenvalue weighted by molar-refractivity contribution is 5.92. The van der Waals surface area contributed by atoms with Crippen molar-refractivity contribution in [2.45, 2.75) is 26.2 Å². The van der Waals surface area contributed by atoms with Crippen molar-refractivity contribution in [3.05, 3.63) is 59.8 Å². The van der Waals surface area contributed by atoms with Crippen LogP contribution in [-0.4, -0.2) is 17.4 Å². The van der Waals surface area contributed by atoms with Gasteiger partial charge in [-0.2, -0.15) is 0 Å². The van der Waals surface area contributed by atoms with Gasteiger partial charge in [0.05, 0.1) is 0 Å². The Hall–Kier alpha value is -2.36. The highest BCUT2D eigenvalue weighted by Gasteiger charge is 2.15. The Morgan fingerprint density at radius 2 is 1.86 bits per heavy atom. The normalized spacial score (nSPS) is 12.1. The Morgan fingerprint density at radius 3 is 2.50 bits per heavy atom. The van der Waals surface area contributed by atoms with Crippen molar-refractivity contribution >= 4 is 11.7 Å². The number of amides is 1. The zero-order valence-electron chi connectivity index (χ0n) is 13.1. The summed E-state index contributed by atoms with van der Waals surface area (Å²) >= 11 is 0. The summed E-state index contributed by atoms with van der Waals surface area (Å²) in [6.45, 7) is 4.98. The lowest BCUT2D eigenvalue weighted by Crippen LogP contribution is -2.29. The molecule has 0 aliphatic rings. The first-order valence-electron chi connectivity index (χ1n) is 7.62. The van der Waals surface area contributed by atoms with Crippen molar-refractivity contribution in [3.63, 3.8) is 0 Å². The van der Waals surface area contributed by atoms with E-state index in [4.69, 9.17) is 5.73 Å². The molecule has 2 rings (SSSR count). The molecule has 4 heteroatoms. The fourth-order valence-corrected chi connectivity index (χ4v) is 2.52. The third-order valence-electron chi connectivity index (χ3n) is 3.54. The van der Waals surface area contributed by atoms with Gasteiger partial charge in [-0.1, -0.05) is 50.2 Å². The molecular weight excluding hydrogens is 274 g/mol. The van der Waals surface area contributed by atoms with Crippen molar-refractivity contribution in [1.82, 2.24) is 10.3 Å². The van der Waals surface area contributed by atoms with E-state index in [2.05, 4.69) is 36.3 Å². The van der Waals surface area contributed by atoms with E-state index in [1.54, 1.807) is 18.2 Å². The highest BCUT2D eigenvalue weighted by Crippen LogP contribution is 2.23. The Labute approximate surface area is 131 Å². The molecule has 0 radical (unpaired) electrons. The minimum absolute atomic E-state index is 0.183. The molecule has 1 amide bonds. The number of carbonyl (C=O) groups is 1. The number of rotatable bonds is 6. The topological polar surface area (TPSA) is 68.0 Å². The van der Waals surface area contributed by atoms with Gasteiger partial charge in [-0.3, -0.25) is 4.79 Å². The molecule has 1 unspecified atom stereocenters. The summed E-state index contributed by atoms with van der Waals surface area (Å²) < 4.78 is 0. The first-order valence-corrected chi connectivity index (χ1v) is 7.62. The number of pyridine rings is 1. The van der Waals surface area contributed by atoms with Gasteiger partial charge in [-0.05, 0) is 30.0 Å². The number of nitrogens with one attached hydrogen (secondary N) is 1. The molecule has 0 fully saturated rings. The summed E-state index contributed by atoms with van der Waals surface area (Å²) in [5, 5.41) is 2.97. The van der Waals surface area contributed by atoms with Crippen LogP contribution in [0.25, 0.3) is 0 Å². The number of benzene rings is 1. The van der Waals surface area contributed by atoms with Gasteiger partial charge in [-0.25, -0.2) is 4.98 Å². The molecule has 0 spiro atoms. The summed E-state index contributed by atoms with van der Waals surface area (Å²) in [5.74, 6) is 1.03. The van der Waals surface area contributed by atoms with E-state index in [1.165, 1.54) is 5.56 Å². The molecule has 0 aliphatic carbocycles. The Kier molecular flexibility index (Phi) is 5.53. The SMILES string of the molecule is CC(C)CC(CNC(=O)c1cccc(N)n1)c1ccccc1. The fourth-order valence-electron chi connectivity index (χ4n) is 2.52. The van der Waals surface area contributed by atoms with E-state index in [0.717, 1.165) is 6.42 Å². The lowest BCUT2D eigenvalue weighted by molar-refractivity contribution is 0.0945. The minimum Gasteiger partial charge on any atom is -0.384 e. The molecule has 4 nitrogen and oxygen atoms in total. The van der Waals surface area contributed by atoms with Gasteiger partial charge in [0.25, 0.3) is 5.91 Å². The molecule has 1 aromatic heterocycles. The maximum Gasteiger partial charge on any atom is 0.269 e. The van der Waals surface area contributed by atoms with E-state index >= 15 is 0 Å². The van der Waals surface area contributed by atoms with Crippen LogP contribution < -0.4 is 11.1 Å². The predicted octanol–water partition coefficient (Wildman–Crippen LogP) is 3.22. The van der Waals surface area contributed by atoms with E-state index in [-0.39, 0.29) is 5.91 Å². The van der Waals surface area contributed by atoms with E-state index < -0.39 is 0 Å². The number of carbonyl (C=O) groups excluding carboxylic acids is 1. The second-order valence-electron chi connectivity index (χ2n) is 5.89. The summed E-state index contributed by atoms with van der Waals surface area (Å²) in [7, 11) is 0. The largest absolute Gasteiger partial charge is 0.384 e. The predicted molar refractivity (Wildman–Crippen MR) is 89.6 cm³/mol. The maximum absolute atomic E-state index is 12.2. The van der Waals surface area contributed by atoms with Crippen LogP contribution in [0.5, 0.6) is 0 Å². The van der Waals surface area contributed by atoms with Gasteiger partial charge in [-0.15, -0.1) is 0 Å². The number of hydrogen-bond acceptors (Lipinski definition) is 3. The molecule has 0 saturated carbocycles. The Balaban J connectivity index is 2.03. The molecule has 0 aliphatic heterocycles. The van der Waals surface area contributed by atoms with Crippen molar-refractivity contribution in [3.8, 4) is 0 Å². The van der Waals surface area contributed by atoms with Crippen molar-refractivity contribution in [2.24, 2.45) is 5.92 Å². The number of aromatic nitrogens is 1. The number of nitrogen functional groups attached to an aromatic ring is 1. The van der Waals surface area contributed by atoms with Crippen LogP contribution in [0, 0.1) is 5.92 Å². The van der Waals surface area contributed by atoms with E-state index in [0.29, 0.717) is 29.9 Å². The van der Waals surface area contributed by atoms with Gasteiger partial charge in [0, 0.05) is 12.5 Å². The first-order chi connectivity index (χ1) is 10.6. The van der Waals surface area contributed by atoms with Gasteiger partial charge in [0.2, 0.25) is 0 Å². The second-order valence-corrected chi connectivity index (χ2v) is 5.89. The van der Waals surface area contributed by atoms with Gasteiger partial charge in [0.1, 0.15) is 11.5 Å². The molecule has 1 aromatic carbocycles. The molecule has 2 aromatic rings. The van der Waals surface area contributed by atoms with E-state index in [1.807, 2.05) is 18.2 Å². The van der Waals surface area contributed by atoms with Crippen LogP contribution >= 0.6 is 0 Å². The van der Waals surface area contributed by atoms with Gasteiger partial charge in [0.15, 0.2) is 0 Å². The first kappa shape index (κ1) is 16.0. The summed E-state index contributed by atoms with van der Waals surface area (Å²) in [6.07, 6.45) is 1.02. The average Bonchev–Trinajstić information content (AvgIpc) is 2.51. The third kappa shape index (κ3) is 4.58. The lowest BCUT2D eigenvalue weighted by atomic mass is 9.90. The molecule has 0 bridgehead atoms. The fraction of sp³-hybridized carbons (Fsp3) is 0.333. The Morgan fingerprint density at radius 1 is 1.14 bits per heavy atom. The van der Waals surface area contributed by atoms with Gasteiger partial charge >= 0.3 is 0 Å². The minimum atomic E-state index is -0.183. The highest BCUT2D eigenvalue weighted by atomic mass is 16.1. The molecule has 0 saturated heterocycles. The van der Waals surface area contributed by atoms with Gasteiger partial charge < -0.3 is 11.1 Å². The van der Waals surface area contributed by atoms with Crippen LogP contribution in [-0.2, 0) is 0 Å². The molecule has 3 N–H and O–H groups in total. The van der Waals surface area contributed by atoms with Crippen molar-refractivity contribution < 1.29 is 4.79 Å². The van der Waals surface area contributed by atoms with Crippen LogP contribution in [0.3, 0.4) is 0 Å². The second kappa shape index (κ2) is 7.59. The number of anilines is 1. The number of nitrogens with zero attached hydrogens (tertiary/aromatic N) is 1. The van der Waals surface area contributed by atoms with Crippen molar-refractivity contribution in [1.29, 1.82) is 0 Å². The zero-order chi connectivity index (χ0) is 15.9. The van der Waals surface area contributed by atoms with E-state index in [9.17, 15) is 4.79 Å². The molecule has 22 heavy (non-hydrogen) atoms.